The minimum atomic E-state index is -0.487. The maximum atomic E-state index is 12.1. The molecule has 2 heterocycles. The molecule has 2 aromatic rings. The third kappa shape index (κ3) is 3.01. The molecule has 1 fully saturated rings. The summed E-state index contributed by atoms with van der Waals surface area (Å²) in [7, 11) is 0. The number of pyridine rings is 1. The van der Waals surface area contributed by atoms with E-state index >= 15 is 0 Å². The maximum absolute atomic E-state index is 12.1. The van der Waals surface area contributed by atoms with Crippen LogP contribution in [0, 0.1) is 0 Å². The van der Waals surface area contributed by atoms with Crippen molar-refractivity contribution in [3.05, 3.63) is 42.1 Å². The number of hydrogen-bond acceptors (Lipinski definition) is 4. The zero-order valence-corrected chi connectivity index (χ0v) is 13.9. The van der Waals surface area contributed by atoms with Gasteiger partial charge < -0.3 is 15.4 Å². The number of hydrogen-bond donors (Lipinski definition) is 1. The van der Waals surface area contributed by atoms with E-state index in [1.807, 2.05) is 51.1 Å². The van der Waals surface area contributed by atoms with Crippen LogP contribution in [0.15, 0.2) is 36.4 Å². The first-order chi connectivity index (χ1) is 10.8. The Morgan fingerprint density at radius 2 is 1.96 bits per heavy atom. The van der Waals surface area contributed by atoms with E-state index in [1.165, 1.54) is 0 Å². The first-order valence-electron chi connectivity index (χ1n) is 7.87. The standard InChI is InChI=1S/C18H23N3O2/c1-17(2,3)23-16(22)21-11-18(10-19,12-21)15-9-8-13-6-4-5-7-14(13)20-15/h4-9H,10-12,19H2,1-3H3. The molecule has 2 N–H and O–H groups in total. The number of carbonyl (C=O) groups is 1. The van der Waals surface area contributed by atoms with Gasteiger partial charge in [0.1, 0.15) is 5.60 Å². The third-order valence-corrected chi connectivity index (χ3v) is 4.17. The van der Waals surface area contributed by atoms with Crippen molar-refractivity contribution in [3.63, 3.8) is 0 Å². The summed E-state index contributed by atoms with van der Waals surface area (Å²) in [5.74, 6) is 0. The fraction of sp³-hybridized carbons (Fsp3) is 0.444. The lowest BCUT2D eigenvalue weighted by Gasteiger charge is -2.49. The number of rotatable bonds is 2. The zero-order valence-electron chi connectivity index (χ0n) is 13.9. The first kappa shape index (κ1) is 15.7. The largest absolute Gasteiger partial charge is 0.444 e. The Bertz CT molecular complexity index is 730. The number of carbonyl (C=O) groups excluding carboxylic acids is 1. The summed E-state index contributed by atoms with van der Waals surface area (Å²) in [6.45, 7) is 7.15. The second-order valence-electron chi connectivity index (χ2n) is 7.21. The molecule has 1 aromatic carbocycles. The molecular formula is C18H23N3O2. The monoisotopic (exact) mass is 313 g/mol. The Morgan fingerprint density at radius 3 is 2.61 bits per heavy atom. The molecule has 0 radical (unpaired) electrons. The van der Waals surface area contributed by atoms with Gasteiger partial charge in [0.05, 0.1) is 16.6 Å². The van der Waals surface area contributed by atoms with Gasteiger partial charge in [-0.1, -0.05) is 24.3 Å². The van der Waals surface area contributed by atoms with Crippen molar-refractivity contribution in [1.82, 2.24) is 9.88 Å². The molecule has 0 aliphatic carbocycles. The highest BCUT2D eigenvalue weighted by Crippen LogP contribution is 2.34. The third-order valence-electron chi connectivity index (χ3n) is 4.17. The SMILES string of the molecule is CC(C)(C)OC(=O)N1CC(CN)(c2ccc3ccccc3n2)C1. The number of amides is 1. The summed E-state index contributed by atoms with van der Waals surface area (Å²) in [5.41, 5.74) is 7.15. The number of aromatic nitrogens is 1. The average Bonchev–Trinajstić information content (AvgIpc) is 2.45. The normalized spacial score (nSPS) is 17.0. The van der Waals surface area contributed by atoms with Crippen molar-refractivity contribution in [3.8, 4) is 0 Å². The van der Waals surface area contributed by atoms with Gasteiger partial charge in [0.2, 0.25) is 0 Å². The molecule has 0 atom stereocenters. The molecule has 23 heavy (non-hydrogen) atoms. The van der Waals surface area contributed by atoms with Gasteiger partial charge in [-0.05, 0) is 32.9 Å². The van der Waals surface area contributed by atoms with Crippen LogP contribution in [0.4, 0.5) is 4.79 Å². The summed E-state index contributed by atoms with van der Waals surface area (Å²) < 4.78 is 5.41. The highest BCUT2D eigenvalue weighted by atomic mass is 16.6. The van der Waals surface area contributed by atoms with Crippen molar-refractivity contribution < 1.29 is 9.53 Å². The summed E-state index contributed by atoms with van der Waals surface area (Å²) >= 11 is 0. The van der Waals surface area contributed by atoms with Gasteiger partial charge in [0, 0.05) is 25.0 Å². The summed E-state index contributed by atoms with van der Waals surface area (Å²) in [6.07, 6.45) is -0.289. The van der Waals surface area contributed by atoms with Gasteiger partial charge in [-0.25, -0.2) is 4.79 Å². The number of nitrogens with two attached hydrogens (primary N) is 1. The fourth-order valence-electron chi connectivity index (χ4n) is 2.90. The summed E-state index contributed by atoms with van der Waals surface area (Å²) in [6, 6.07) is 12.1. The second-order valence-corrected chi connectivity index (χ2v) is 7.21. The summed E-state index contributed by atoms with van der Waals surface area (Å²) in [5, 5.41) is 1.10. The van der Waals surface area contributed by atoms with Gasteiger partial charge in [0.25, 0.3) is 0 Å². The van der Waals surface area contributed by atoms with Gasteiger partial charge in [-0.2, -0.15) is 0 Å². The Labute approximate surface area is 136 Å². The molecule has 122 valence electrons. The molecule has 5 heteroatoms. The molecule has 0 saturated carbocycles. The predicted molar refractivity (Wildman–Crippen MR) is 90.3 cm³/mol. The quantitative estimate of drug-likeness (QED) is 0.925. The summed E-state index contributed by atoms with van der Waals surface area (Å²) in [4.78, 5) is 18.6. The zero-order chi connectivity index (χ0) is 16.7. The van der Waals surface area contributed by atoms with E-state index in [9.17, 15) is 4.79 Å². The molecule has 3 rings (SSSR count). The van der Waals surface area contributed by atoms with Crippen LogP contribution in [0.2, 0.25) is 0 Å². The fourth-order valence-corrected chi connectivity index (χ4v) is 2.90. The molecule has 0 spiro atoms. The Morgan fingerprint density at radius 1 is 1.26 bits per heavy atom. The van der Waals surface area contributed by atoms with Crippen LogP contribution in [0.5, 0.6) is 0 Å². The van der Waals surface area contributed by atoms with Gasteiger partial charge in [-0.15, -0.1) is 0 Å². The van der Waals surface area contributed by atoms with Crippen LogP contribution in [-0.2, 0) is 10.2 Å². The number of benzene rings is 1. The lowest BCUT2D eigenvalue weighted by atomic mass is 9.76. The van der Waals surface area contributed by atoms with Crippen molar-refractivity contribution in [1.29, 1.82) is 0 Å². The average molecular weight is 313 g/mol. The van der Waals surface area contributed by atoms with Crippen molar-refractivity contribution >= 4 is 17.0 Å². The van der Waals surface area contributed by atoms with E-state index < -0.39 is 5.60 Å². The lowest BCUT2D eigenvalue weighted by molar-refractivity contribution is -0.00894. The van der Waals surface area contributed by atoms with Gasteiger partial charge in [-0.3, -0.25) is 4.98 Å². The lowest BCUT2D eigenvalue weighted by Crippen LogP contribution is -2.65. The van der Waals surface area contributed by atoms with E-state index in [1.54, 1.807) is 4.90 Å². The van der Waals surface area contributed by atoms with Gasteiger partial charge in [0.15, 0.2) is 0 Å². The molecule has 0 bridgehead atoms. The molecule has 1 aliphatic rings. The van der Waals surface area contributed by atoms with Crippen LogP contribution in [-0.4, -0.2) is 41.2 Å². The van der Waals surface area contributed by atoms with Crippen molar-refractivity contribution in [2.75, 3.05) is 19.6 Å². The van der Waals surface area contributed by atoms with Crippen LogP contribution in [0.25, 0.3) is 10.9 Å². The number of nitrogens with zero attached hydrogens (tertiary/aromatic N) is 2. The number of likely N-dealkylation sites (tertiary alicyclic amines) is 1. The molecule has 1 saturated heterocycles. The highest BCUT2D eigenvalue weighted by Gasteiger charge is 2.47. The predicted octanol–water partition coefficient (Wildman–Crippen LogP) is 2.68. The smallest absolute Gasteiger partial charge is 0.410 e. The first-order valence-corrected chi connectivity index (χ1v) is 7.87. The van der Waals surface area contributed by atoms with Crippen molar-refractivity contribution in [2.45, 2.75) is 31.8 Å². The van der Waals surface area contributed by atoms with E-state index in [0.29, 0.717) is 19.6 Å². The molecule has 1 amide bonds. The van der Waals surface area contributed by atoms with E-state index in [2.05, 4.69) is 6.07 Å². The van der Waals surface area contributed by atoms with E-state index in [-0.39, 0.29) is 11.5 Å². The topological polar surface area (TPSA) is 68.5 Å². The highest BCUT2D eigenvalue weighted by molar-refractivity contribution is 5.78. The van der Waals surface area contributed by atoms with Crippen LogP contribution >= 0.6 is 0 Å². The van der Waals surface area contributed by atoms with Crippen LogP contribution < -0.4 is 5.73 Å². The van der Waals surface area contributed by atoms with E-state index in [4.69, 9.17) is 15.5 Å². The minimum absolute atomic E-state index is 0.277. The van der Waals surface area contributed by atoms with E-state index in [0.717, 1.165) is 16.6 Å². The van der Waals surface area contributed by atoms with Crippen LogP contribution in [0.3, 0.4) is 0 Å². The minimum Gasteiger partial charge on any atom is -0.444 e. The molecule has 5 nitrogen and oxygen atoms in total. The Hall–Kier alpha value is -2.14. The molecule has 1 aliphatic heterocycles. The Balaban J connectivity index is 1.79. The number of para-hydroxylation sites is 1. The molecule has 1 aromatic heterocycles. The van der Waals surface area contributed by atoms with Crippen molar-refractivity contribution in [2.24, 2.45) is 5.73 Å². The number of ether oxygens (including phenoxy) is 1. The van der Waals surface area contributed by atoms with Crippen LogP contribution in [0.1, 0.15) is 26.5 Å². The molecule has 0 unspecified atom stereocenters. The molecular weight excluding hydrogens is 290 g/mol. The second kappa shape index (κ2) is 5.49. The Kier molecular flexibility index (Phi) is 3.76. The number of fused-ring (bicyclic) bond motifs is 1. The maximum Gasteiger partial charge on any atom is 0.410 e. The van der Waals surface area contributed by atoms with Gasteiger partial charge >= 0.3 is 6.09 Å².